The van der Waals surface area contributed by atoms with Crippen molar-refractivity contribution in [2.75, 3.05) is 0 Å². The number of thiophene rings is 1. The van der Waals surface area contributed by atoms with Gasteiger partial charge < -0.3 is 4.57 Å². The highest BCUT2D eigenvalue weighted by molar-refractivity contribution is 7.24. The molecule has 30 heavy (non-hydrogen) atoms. The first-order chi connectivity index (χ1) is 14.8. The van der Waals surface area contributed by atoms with Gasteiger partial charge in [0.2, 0.25) is 6.71 Å². The summed E-state index contributed by atoms with van der Waals surface area (Å²) < 4.78 is 3.57. The number of aromatic nitrogens is 2. The Kier molecular flexibility index (Phi) is 7.20. The summed E-state index contributed by atoms with van der Waals surface area (Å²) in [4.78, 5) is 3.96. The van der Waals surface area contributed by atoms with Gasteiger partial charge in [-0.15, -0.1) is 0 Å². The third-order valence-corrected chi connectivity index (χ3v) is 7.12. The smallest absolute Gasteiger partial charge is 0.225 e. The molecule has 1 fully saturated rings. The van der Waals surface area contributed by atoms with Crippen LogP contribution in [0, 0.1) is 6.92 Å². The molecule has 2 aromatic heterocycles. The number of imidazole rings is 1. The van der Waals surface area contributed by atoms with Crippen LogP contribution in [0.15, 0.2) is 90.8 Å². The molecule has 2 aromatic carbocycles. The maximum Gasteiger partial charge on any atom is 0.225 e. The highest BCUT2D eigenvalue weighted by atomic mass is 32.1. The number of aryl methyl sites for hydroxylation is 1. The molecule has 5 rings (SSSR count). The fourth-order valence-corrected chi connectivity index (χ4v) is 5.63. The fourth-order valence-electron chi connectivity index (χ4n) is 4.48. The van der Waals surface area contributed by atoms with Gasteiger partial charge in [-0.05, 0) is 40.8 Å². The second-order valence-corrected chi connectivity index (χ2v) is 9.01. The molecule has 0 N–H and O–H groups in total. The standard InChI is InChI=1S/C17H21BS.C9H8N2/c1-14-12-13-19-17(14)18(15-8-4-2-5-9-15)16-10-6-3-7-11-16;1-2-4-9(5-3-1)11-7-6-10-8-11/h2,4-5,8-9,12-13,16H,3,6-7,10-11H2,1H3;1-8H. The van der Waals surface area contributed by atoms with E-state index in [1.54, 1.807) is 17.3 Å². The molecule has 0 bridgehead atoms. The molecule has 0 aliphatic heterocycles. The fraction of sp³-hybridized carbons (Fsp3) is 0.269. The second kappa shape index (κ2) is 10.4. The van der Waals surface area contributed by atoms with Gasteiger partial charge in [-0.2, -0.15) is 11.3 Å². The summed E-state index contributed by atoms with van der Waals surface area (Å²) in [6, 6.07) is 23.5. The molecule has 2 heterocycles. The molecule has 0 atom stereocenters. The summed E-state index contributed by atoms with van der Waals surface area (Å²) in [5.41, 5.74) is 4.13. The Hall–Kier alpha value is -2.59. The number of benzene rings is 2. The predicted octanol–water partition coefficient (Wildman–Crippen LogP) is 5.87. The number of hydrogen-bond donors (Lipinski definition) is 0. The molecule has 2 nitrogen and oxygen atoms in total. The van der Waals surface area contributed by atoms with Crippen LogP contribution in [0.5, 0.6) is 0 Å². The first-order valence-electron chi connectivity index (χ1n) is 11.0. The van der Waals surface area contributed by atoms with Gasteiger partial charge in [0.15, 0.2) is 0 Å². The Morgan fingerprint density at radius 3 is 2.20 bits per heavy atom. The van der Waals surface area contributed by atoms with Crippen molar-refractivity contribution >= 4 is 28.3 Å². The molecule has 0 unspecified atom stereocenters. The molecule has 4 aromatic rings. The maximum absolute atomic E-state index is 3.96. The van der Waals surface area contributed by atoms with Crippen LogP contribution in [0.1, 0.15) is 37.7 Å². The third kappa shape index (κ3) is 5.12. The SMILES string of the molecule is Cc1ccsc1B(c1ccccc1)C1CCCCC1.c1ccc(-n2ccnc2)cc1. The van der Waals surface area contributed by atoms with Crippen molar-refractivity contribution < 1.29 is 0 Å². The zero-order chi connectivity index (χ0) is 20.6. The molecule has 1 aliphatic carbocycles. The van der Waals surface area contributed by atoms with Crippen molar-refractivity contribution in [2.45, 2.75) is 44.8 Å². The van der Waals surface area contributed by atoms with Crippen molar-refractivity contribution in [3.05, 3.63) is 96.4 Å². The van der Waals surface area contributed by atoms with Crippen molar-refractivity contribution in [2.24, 2.45) is 0 Å². The third-order valence-electron chi connectivity index (χ3n) is 6.02. The van der Waals surface area contributed by atoms with Crippen molar-refractivity contribution in [1.82, 2.24) is 9.55 Å². The van der Waals surface area contributed by atoms with E-state index in [0.29, 0.717) is 6.71 Å². The molecule has 4 heteroatoms. The molecule has 0 radical (unpaired) electrons. The Balaban J connectivity index is 0.000000168. The largest absolute Gasteiger partial charge is 0.306 e. The molecule has 1 saturated carbocycles. The molecular weight excluding hydrogens is 383 g/mol. The van der Waals surface area contributed by atoms with Crippen molar-refractivity contribution in [3.8, 4) is 5.69 Å². The highest BCUT2D eigenvalue weighted by Gasteiger charge is 2.31. The van der Waals surface area contributed by atoms with Crippen LogP contribution in [0.2, 0.25) is 5.82 Å². The second-order valence-electron chi connectivity index (χ2n) is 8.06. The lowest BCUT2D eigenvalue weighted by molar-refractivity contribution is 0.499. The summed E-state index contributed by atoms with van der Waals surface area (Å²) in [7, 11) is 0. The maximum atomic E-state index is 3.96. The molecule has 1 aliphatic rings. The lowest BCUT2D eigenvalue weighted by Gasteiger charge is -2.28. The number of rotatable bonds is 4. The van der Waals surface area contributed by atoms with Gasteiger partial charge in [0.05, 0.1) is 6.33 Å². The van der Waals surface area contributed by atoms with Gasteiger partial charge in [-0.3, -0.25) is 0 Å². The average Bonchev–Trinajstić information content (AvgIpc) is 3.49. The normalized spacial score (nSPS) is 14.0. The van der Waals surface area contributed by atoms with Crippen LogP contribution in [-0.4, -0.2) is 16.3 Å². The van der Waals surface area contributed by atoms with Gasteiger partial charge in [0, 0.05) is 18.1 Å². The Bertz CT molecular complexity index is 990. The van der Waals surface area contributed by atoms with E-state index in [0.717, 1.165) is 11.5 Å². The minimum Gasteiger partial charge on any atom is -0.306 e. The van der Waals surface area contributed by atoms with Crippen LogP contribution < -0.4 is 10.2 Å². The number of hydrogen-bond acceptors (Lipinski definition) is 2. The van der Waals surface area contributed by atoms with Gasteiger partial charge in [-0.1, -0.05) is 91.9 Å². The lowest BCUT2D eigenvalue weighted by atomic mass is 9.34. The van der Waals surface area contributed by atoms with E-state index >= 15 is 0 Å². The zero-order valence-corrected chi connectivity index (χ0v) is 18.5. The predicted molar refractivity (Wildman–Crippen MR) is 131 cm³/mol. The van der Waals surface area contributed by atoms with E-state index in [-0.39, 0.29) is 0 Å². The topological polar surface area (TPSA) is 17.8 Å². The summed E-state index contributed by atoms with van der Waals surface area (Å²) in [5.74, 6) is 0.841. The van der Waals surface area contributed by atoms with E-state index in [2.05, 4.69) is 53.7 Å². The van der Waals surface area contributed by atoms with Gasteiger partial charge >= 0.3 is 0 Å². The van der Waals surface area contributed by atoms with Crippen molar-refractivity contribution in [1.29, 1.82) is 0 Å². The number of para-hydroxylation sites is 1. The first-order valence-corrected chi connectivity index (χ1v) is 11.8. The van der Waals surface area contributed by atoms with Gasteiger partial charge in [0.1, 0.15) is 0 Å². The summed E-state index contributed by atoms with van der Waals surface area (Å²) in [6.45, 7) is 2.89. The molecular formula is C26H29BN2S. The highest BCUT2D eigenvalue weighted by Crippen LogP contribution is 2.32. The van der Waals surface area contributed by atoms with E-state index in [1.807, 2.05) is 52.4 Å². The Morgan fingerprint density at radius 1 is 0.900 bits per heavy atom. The monoisotopic (exact) mass is 412 g/mol. The molecule has 152 valence electrons. The quantitative estimate of drug-likeness (QED) is 0.383. The minimum absolute atomic E-state index is 0.626. The van der Waals surface area contributed by atoms with E-state index in [9.17, 15) is 0 Å². The van der Waals surface area contributed by atoms with Crippen LogP contribution in [-0.2, 0) is 0 Å². The van der Waals surface area contributed by atoms with Crippen LogP contribution >= 0.6 is 11.3 Å². The Morgan fingerprint density at radius 2 is 1.60 bits per heavy atom. The van der Waals surface area contributed by atoms with Crippen molar-refractivity contribution in [3.63, 3.8) is 0 Å². The van der Waals surface area contributed by atoms with Gasteiger partial charge in [0.25, 0.3) is 0 Å². The zero-order valence-electron chi connectivity index (χ0n) is 17.7. The minimum atomic E-state index is 0.626. The van der Waals surface area contributed by atoms with Crippen LogP contribution in [0.25, 0.3) is 5.69 Å². The van der Waals surface area contributed by atoms with E-state index < -0.39 is 0 Å². The molecule has 0 amide bonds. The van der Waals surface area contributed by atoms with Gasteiger partial charge in [-0.25, -0.2) is 4.98 Å². The van der Waals surface area contributed by atoms with Crippen LogP contribution in [0.3, 0.4) is 0 Å². The number of nitrogens with zero attached hydrogens (tertiary/aromatic N) is 2. The first kappa shape index (κ1) is 20.7. The lowest BCUT2D eigenvalue weighted by Crippen LogP contribution is -2.46. The van der Waals surface area contributed by atoms with E-state index in [1.165, 1.54) is 43.1 Å². The molecule has 0 spiro atoms. The van der Waals surface area contributed by atoms with E-state index in [4.69, 9.17) is 0 Å². The summed E-state index contributed by atoms with van der Waals surface area (Å²) >= 11 is 1.95. The van der Waals surface area contributed by atoms with Crippen LogP contribution in [0.4, 0.5) is 0 Å². The average molecular weight is 412 g/mol. The summed E-state index contributed by atoms with van der Waals surface area (Å²) in [5, 5.41) is 2.25. The summed E-state index contributed by atoms with van der Waals surface area (Å²) in [6.07, 6.45) is 12.5. The Labute approximate surface area is 184 Å². The molecule has 0 saturated heterocycles.